The summed E-state index contributed by atoms with van der Waals surface area (Å²) in [5, 5.41) is 0. The van der Waals surface area contributed by atoms with E-state index in [9.17, 15) is 0 Å². The van der Waals surface area contributed by atoms with Crippen LogP contribution in [0.3, 0.4) is 0 Å². The Morgan fingerprint density at radius 1 is 1.05 bits per heavy atom. The fraction of sp³-hybridized carbons (Fsp3) is 1.00. The molecule has 0 aromatic heterocycles. The SMILES string of the molecule is CCOCCN(CCOCC)CC1(CN)CCC(C)CC1. The molecule has 0 spiro atoms. The zero-order chi connectivity index (χ0) is 15.6. The third-order valence-corrected chi connectivity index (χ3v) is 4.84. The monoisotopic (exact) mass is 300 g/mol. The van der Waals surface area contributed by atoms with Crippen molar-refractivity contribution < 1.29 is 9.47 Å². The number of nitrogens with two attached hydrogens (primary N) is 1. The van der Waals surface area contributed by atoms with Crippen LogP contribution in [0, 0.1) is 11.3 Å². The number of rotatable bonds is 11. The lowest BCUT2D eigenvalue weighted by molar-refractivity contribution is 0.0433. The van der Waals surface area contributed by atoms with Crippen molar-refractivity contribution >= 4 is 0 Å². The van der Waals surface area contributed by atoms with E-state index in [1.165, 1.54) is 25.7 Å². The summed E-state index contributed by atoms with van der Waals surface area (Å²) in [6.07, 6.45) is 5.18. The molecule has 1 rings (SSSR count). The first-order valence-corrected chi connectivity index (χ1v) is 8.73. The molecular weight excluding hydrogens is 264 g/mol. The van der Waals surface area contributed by atoms with Crippen LogP contribution in [-0.4, -0.2) is 57.5 Å². The summed E-state index contributed by atoms with van der Waals surface area (Å²) in [5.41, 5.74) is 6.46. The first kappa shape index (κ1) is 18.9. The smallest absolute Gasteiger partial charge is 0.0593 e. The lowest BCUT2D eigenvalue weighted by Crippen LogP contribution is -2.46. The highest BCUT2D eigenvalue weighted by atomic mass is 16.5. The highest BCUT2D eigenvalue weighted by Crippen LogP contribution is 2.38. The third kappa shape index (κ3) is 7.09. The molecule has 0 amide bonds. The predicted octanol–water partition coefficient (Wildman–Crippen LogP) is 2.52. The van der Waals surface area contributed by atoms with Gasteiger partial charge in [-0.15, -0.1) is 0 Å². The van der Waals surface area contributed by atoms with Crippen LogP contribution >= 0.6 is 0 Å². The maximum atomic E-state index is 6.15. The zero-order valence-electron chi connectivity index (χ0n) is 14.4. The highest BCUT2D eigenvalue weighted by Gasteiger charge is 2.34. The summed E-state index contributed by atoms with van der Waals surface area (Å²) in [5.74, 6) is 0.866. The summed E-state index contributed by atoms with van der Waals surface area (Å²) >= 11 is 0. The number of hydrogen-bond donors (Lipinski definition) is 1. The fourth-order valence-electron chi connectivity index (χ4n) is 3.22. The van der Waals surface area contributed by atoms with Crippen molar-refractivity contribution in [3.8, 4) is 0 Å². The van der Waals surface area contributed by atoms with Crippen LogP contribution in [0.25, 0.3) is 0 Å². The molecule has 0 radical (unpaired) electrons. The molecule has 1 aliphatic carbocycles. The van der Waals surface area contributed by atoms with E-state index in [1.54, 1.807) is 0 Å². The first-order chi connectivity index (χ1) is 10.2. The van der Waals surface area contributed by atoms with Crippen molar-refractivity contribution in [3.63, 3.8) is 0 Å². The second-order valence-electron chi connectivity index (χ2n) is 6.56. The normalized spacial score (nSPS) is 26.4. The van der Waals surface area contributed by atoms with Crippen LogP contribution in [0.4, 0.5) is 0 Å². The van der Waals surface area contributed by atoms with Gasteiger partial charge >= 0.3 is 0 Å². The van der Waals surface area contributed by atoms with Crippen LogP contribution < -0.4 is 5.73 Å². The summed E-state index contributed by atoms with van der Waals surface area (Å²) in [4.78, 5) is 2.49. The van der Waals surface area contributed by atoms with Gasteiger partial charge in [0, 0.05) is 32.8 Å². The van der Waals surface area contributed by atoms with Gasteiger partial charge in [0.15, 0.2) is 0 Å². The van der Waals surface area contributed by atoms with Crippen molar-refractivity contribution in [3.05, 3.63) is 0 Å². The molecule has 21 heavy (non-hydrogen) atoms. The van der Waals surface area contributed by atoms with E-state index in [4.69, 9.17) is 15.2 Å². The van der Waals surface area contributed by atoms with Crippen LogP contribution in [-0.2, 0) is 9.47 Å². The van der Waals surface area contributed by atoms with E-state index < -0.39 is 0 Å². The van der Waals surface area contributed by atoms with Crippen LogP contribution in [0.1, 0.15) is 46.5 Å². The lowest BCUT2D eigenvalue weighted by Gasteiger charge is -2.42. The standard InChI is InChI=1S/C17H36N2O2/c1-4-20-12-10-19(11-13-21-5-2)15-17(14-18)8-6-16(3)7-9-17/h16H,4-15,18H2,1-3H3. The Kier molecular flexibility index (Phi) is 9.49. The fourth-order valence-corrected chi connectivity index (χ4v) is 3.22. The Hall–Kier alpha value is -0.160. The number of hydrogen-bond acceptors (Lipinski definition) is 4. The molecule has 1 fully saturated rings. The van der Waals surface area contributed by atoms with Crippen molar-refractivity contribution in [2.45, 2.75) is 46.5 Å². The highest BCUT2D eigenvalue weighted by molar-refractivity contribution is 4.88. The average Bonchev–Trinajstić information content (AvgIpc) is 2.50. The lowest BCUT2D eigenvalue weighted by atomic mass is 9.70. The van der Waals surface area contributed by atoms with Gasteiger partial charge in [0.05, 0.1) is 13.2 Å². The molecule has 2 N–H and O–H groups in total. The first-order valence-electron chi connectivity index (χ1n) is 8.73. The van der Waals surface area contributed by atoms with Gasteiger partial charge in [0.2, 0.25) is 0 Å². The second kappa shape index (κ2) is 10.5. The zero-order valence-corrected chi connectivity index (χ0v) is 14.4. The third-order valence-electron chi connectivity index (χ3n) is 4.84. The Morgan fingerprint density at radius 2 is 1.57 bits per heavy atom. The number of nitrogens with zero attached hydrogens (tertiary/aromatic N) is 1. The van der Waals surface area contributed by atoms with Crippen molar-refractivity contribution in [2.24, 2.45) is 17.1 Å². The second-order valence-corrected chi connectivity index (χ2v) is 6.56. The van der Waals surface area contributed by atoms with E-state index in [-0.39, 0.29) is 0 Å². The van der Waals surface area contributed by atoms with Gasteiger partial charge in [-0.05, 0) is 44.6 Å². The van der Waals surface area contributed by atoms with Gasteiger partial charge in [-0.25, -0.2) is 0 Å². The summed E-state index contributed by atoms with van der Waals surface area (Å²) in [6, 6.07) is 0. The molecule has 126 valence electrons. The Bertz CT molecular complexity index is 243. The van der Waals surface area contributed by atoms with Gasteiger partial charge in [-0.2, -0.15) is 0 Å². The quantitative estimate of drug-likeness (QED) is 0.596. The van der Waals surface area contributed by atoms with Gasteiger partial charge in [0.25, 0.3) is 0 Å². The molecule has 0 unspecified atom stereocenters. The molecule has 1 aliphatic rings. The van der Waals surface area contributed by atoms with Crippen molar-refractivity contribution in [1.29, 1.82) is 0 Å². The summed E-state index contributed by atoms with van der Waals surface area (Å²) in [6.45, 7) is 13.5. The van der Waals surface area contributed by atoms with E-state index >= 15 is 0 Å². The molecule has 0 heterocycles. The molecule has 0 bridgehead atoms. The molecule has 0 saturated heterocycles. The predicted molar refractivity (Wildman–Crippen MR) is 88.5 cm³/mol. The Balaban J connectivity index is 2.50. The van der Waals surface area contributed by atoms with Crippen molar-refractivity contribution in [2.75, 3.05) is 52.6 Å². The average molecular weight is 300 g/mol. The molecular formula is C17H36N2O2. The summed E-state index contributed by atoms with van der Waals surface area (Å²) < 4.78 is 11.1. The van der Waals surface area contributed by atoms with Crippen molar-refractivity contribution in [1.82, 2.24) is 4.90 Å². The molecule has 0 aromatic rings. The Labute approximate surface area is 131 Å². The van der Waals surface area contributed by atoms with E-state index in [1.807, 2.05) is 0 Å². The molecule has 0 aromatic carbocycles. The molecule has 1 saturated carbocycles. The van der Waals surface area contributed by atoms with Gasteiger partial charge in [-0.3, -0.25) is 4.90 Å². The minimum absolute atomic E-state index is 0.310. The maximum Gasteiger partial charge on any atom is 0.0593 e. The van der Waals surface area contributed by atoms with Gasteiger partial charge in [-0.1, -0.05) is 19.8 Å². The minimum atomic E-state index is 0.310. The van der Waals surface area contributed by atoms with E-state index in [0.717, 1.165) is 58.5 Å². The molecule has 4 nitrogen and oxygen atoms in total. The largest absolute Gasteiger partial charge is 0.380 e. The van der Waals surface area contributed by atoms with Gasteiger partial charge < -0.3 is 15.2 Å². The number of ether oxygens (including phenoxy) is 2. The van der Waals surface area contributed by atoms with Crippen LogP contribution in [0.2, 0.25) is 0 Å². The summed E-state index contributed by atoms with van der Waals surface area (Å²) in [7, 11) is 0. The molecule has 4 heteroatoms. The van der Waals surface area contributed by atoms with E-state index in [2.05, 4.69) is 25.7 Å². The van der Waals surface area contributed by atoms with Crippen LogP contribution in [0.15, 0.2) is 0 Å². The molecule has 0 aliphatic heterocycles. The minimum Gasteiger partial charge on any atom is -0.380 e. The molecule has 0 atom stereocenters. The maximum absolute atomic E-state index is 6.15. The Morgan fingerprint density at radius 3 is 2.00 bits per heavy atom. The van der Waals surface area contributed by atoms with E-state index in [0.29, 0.717) is 5.41 Å². The topological polar surface area (TPSA) is 47.7 Å². The van der Waals surface area contributed by atoms with Gasteiger partial charge in [0.1, 0.15) is 0 Å². The van der Waals surface area contributed by atoms with Crippen LogP contribution in [0.5, 0.6) is 0 Å².